The number of amides is 1. The van der Waals surface area contributed by atoms with E-state index >= 15 is 0 Å². The molecule has 0 spiro atoms. The lowest BCUT2D eigenvalue weighted by molar-refractivity contribution is -0.115. The second-order valence-electron chi connectivity index (χ2n) is 4.89. The van der Waals surface area contributed by atoms with Crippen molar-refractivity contribution in [2.45, 2.75) is 26.4 Å². The zero-order valence-corrected chi connectivity index (χ0v) is 11.7. The molecule has 0 saturated heterocycles. The average Bonchev–Trinajstić information content (AvgIpc) is 3.01. The second kappa shape index (κ2) is 4.47. The zero-order chi connectivity index (χ0) is 13.6. The molecule has 1 aliphatic rings. The van der Waals surface area contributed by atoms with E-state index in [0.717, 1.165) is 32.8 Å². The van der Waals surface area contributed by atoms with Gasteiger partial charge in [-0.2, -0.15) is 0 Å². The standard InChI is InChI=1S/C15H15NO2S/c1-8-9(2)14-10(7-13(17)16-14)6-11(8)15(18)12-4-3-5-19-12/h3-6,15,18H,7H2,1-2H3,(H,16,17). The molecule has 1 aliphatic heterocycles. The van der Waals surface area contributed by atoms with Crippen molar-refractivity contribution in [2.24, 2.45) is 0 Å². The van der Waals surface area contributed by atoms with Crippen LogP contribution >= 0.6 is 11.3 Å². The normalized spacial score (nSPS) is 15.2. The number of hydrogen-bond donors (Lipinski definition) is 2. The van der Waals surface area contributed by atoms with Gasteiger partial charge in [0.1, 0.15) is 6.10 Å². The summed E-state index contributed by atoms with van der Waals surface area (Å²) in [6.07, 6.45) is -0.208. The largest absolute Gasteiger partial charge is 0.383 e. The van der Waals surface area contributed by atoms with E-state index in [1.165, 1.54) is 0 Å². The topological polar surface area (TPSA) is 49.3 Å². The van der Waals surface area contributed by atoms with Crippen LogP contribution in [0, 0.1) is 13.8 Å². The van der Waals surface area contributed by atoms with Crippen molar-refractivity contribution in [3.05, 3.63) is 50.7 Å². The van der Waals surface area contributed by atoms with Gasteiger partial charge in [0.15, 0.2) is 0 Å². The molecule has 3 nitrogen and oxygen atoms in total. The number of aliphatic hydroxyl groups is 1. The van der Waals surface area contributed by atoms with Gasteiger partial charge in [-0.25, -0.2) is 0 Å². The summed E-state index contributed by atoms with van der Waals surface area (Å²) < 4.78 is 0. The van der Waals surface area contributed by atoms with Crippen LogP contribution in [-0.4, -0.2) is 11.0 Å². The van der Waals surface area contributed by atoms with E-state index in [-0.39, 0.29) is 5.91 Å². The van der Waals surface area contributed by atoms with Gasteiger partial charge in [0.25, 0.3) is 0 Å². The lowest BCUT2D eigenvalue weighted by atomic mass is 9.93. The van der Waals surface area contributed by atoms with Crippen molar-refractivity contribution < 1.29 is 9.90 Å². The lowest BCUT2D eigenvalue weighted by Gasteiger charge is -2.17. The summed E-state index contributed by atoms with van der Waals surface area (Å²) in [5, 5.41) is 15.3. The molecule has 4 heteroatoms. The summed E-state index contributed by atoms with van der Waals surface area (Å²) in [6, 6.07) is 5.82. The Morgan fingerprint density at radius 2 is 2.16 bits per heavy atom. The molecule has 1 amide bonds. The van der Waals surface area contributed by atoms with Crippen LogP contribution in [0.4, 0.5) is 5.69 Å². The van der Waals surface area contributed by atoms with Crippen molar-refractivity contribution in [3.8, 4) is 0 Å². The van der Waals surface area contributed by atoms with Crippen LogP contribution in [0.5, 0.6) is 0 Å². The minimum absolute atomic E-state index is 0.0280. The van der Waals surface area contributed by atoms with E-state index in [0.29, 0.717) is 6.42 Å². The van der Waals surface area contributed by atoms with Gasteiger partial charge in [-0.1, -0.05) is 6.07 Å². The number of benzene rings is 1. The van der Waals surface area contributed by atoms with Crippen molar-refractivity contribution in [1.82, 2.24) is 0 Å². The summed E-state index contributed by atoms with van der Waals surface area (Å²) in [5.41, 5.74) is 4.90. The highest BCUT2D eigenvalue weighted by molar-refractivity contribution is 7.10. The fraction of sp³-hybridized carbons (Fsp3) is 0.267. The van der Waals surface area contributed by atoms with Gasteiger partial charge >= 0.3 is 0 Å². The number of aliphatic hydroxyl groups excluding tert-OH is 1. The Morgan fingerprint density at radius 1 is 1.37 bits per heavy atom. The first-order chi connectivity index (χ1) is 9.08. The van der Waals surface area contributed by atoms with Gasteiger partial charge < -0.3 is 10.4 Å². The van der Waals surface area contributed by atoms with E-state index in [4.69, 9.17) is 0 Å². The maximum atomic E-state index is 11.5. The summed E-state index contributed by atoms with van der Waals surface area (Å²) in [7, 11) is 0. The fourth-order valence-electron chi connectivity index (χ4n) is 2.57. The Labute approximate surface area is 115 Å². The number of thiophene rings is 1. The van der Waals surface area contributed by atoms with Gasteiger partial charge in [-0.05, 0) is 53.6 Å². The highest BCUT2D eigenvalue weighted by Gasteiger charge is 2.24. The molecule has 2 heterocycles. The van der Waals surface area contributed by atoms with Crippen LogP contribution in [0.1, 0.15) is 33.2 Å². The summed E-state index contributed by atoms with van der Waals surface area (Å²) >= 11 is 1.54. The lowest BCUT2D eigenvalue weighted by Crippen LogP contribution is -2.05. The first-order valence-corrected chi connectivity index (χ1v) is 7.10. The molecule has 1 atom stereocenters. The van der Waals surface area contributed by atoms with Gasteiger partial charge in [-0.15, -0.1) is 11.3 Å². The minimum atomic E-state index is -0.611. The number of carbonyl (C=O) groups is 1. The summed E-state index contributed by atoms with van der Waals surface area (Å²) in [4.78, 5) is 12.4. The Kier molecular flexibility index (Phi) is 2.92. The second-order valence-corrected chi connectivity index (χ2v) is 5.87. The number of fused-ring (bicyclic) bond motifs is 1. The van der Waals surface area contributed by atoms with Crippen LogP contribution in [0.3, 0.4) is 0 Å². The molecule has 0 aliphatic carbocycles. The van der Waals surface area contributed by atoms with E-state index in [2.05, 4.69) is 5.32 Å². The van der Waals surface area contributed by atoms with Gasteiger partial charge in [0.2, 0.25) is 5.91 Å². The maximum Gasteiger partial charge on any atom is 0.228 e. The van der Waals surface area contributed by atoms with Crippen molar-refractivity contribution in [3.63, 3.8) is 0 Å². The number of nitrogens with one attached hydrogen (secondary N) is 1. The van der Waals surface area contributed by atoms with Crippen molar-refractivity contribution in [1.29, 1.82) is 0 Å². The predicted molar refractivity (Wildman–Crippen MR) is 76.6 cm³/mol. The molecule has 1 aromatic carbocycles. The molecule has 0 fully saturated rings. The number of carbonyl (C=O) groups excluding carboxylic acids is 1. The van der Waals surface area contributed by atoms with E-state index < -0.39 is 6.10 Å². The Hall–Kier alpha value is -1.65. The third kappa shape index (κ3) is 1.97. The van der Waals surface area contributed by atoms with Crippen LogP contribution < -0.4 is 5.32 Å². The Morgan fingerprint density at radius 3 is 2.84 bits per heavy atom. The molecule has 2 aromatic rings. The molecule has 0 radical (unpaired) electrons. The SMILES string of the molecule is Cc1c(C(O)c2cccs2)cc2c(c1C)NC(=O)C2. The van der Waals surface area contributed by atoms with Crippen molar-refractivity contribution >= 4 is 22.9 Å². The molecular formula is C15H15NO2S. The molecular weight excluding hydrogens is 258 g/mol. The van der Waals surface area contributed by atoms with E-state index in [1.54, 1.807) is 11.3 Å². The molecule has 98 valence electrons. The summed E-state index contributed by atoms with van der Waals surface area (Å²) in [6.45, 7) is 3.98. The molecule has 1 aromatic heterocycles. The molecule has 2 N–H and O–H groups in total. The maximum absolute atomic E-state index is 11.5. The molecule has 0 bridgehead atoms. The average molecular weight is 273 g/mol. The first-order valence-electron chi connectivity index (χ1n) is 6.22. The van der Waals surface area contributed by atoms with Crippen molar-refractivity contribution in [2.75, 3.05) is 5.32 Å². The quantitative estimate of drug-likeness (QED) is 0.884. The minimum Gasteiger partial charge on any atom is -0.383 e. The Bertz CT molecular complexity index is 647. The number of rotatable bonds is 2. The van der Waals surface area contributed by atoms with E-state index in [9.17, 15) is 9.90 Å². The van der Waals surface area contributed by atoms with Crippen LogP contribution in [0.25, 0.3) is 0 Å². The summed E-state index contributed by atoms with van der Waals surface area (Å²) in [5.74, 6) is 0.0280. The van der Waals surface area contributed by atoms with Gasteiger partial charge in [0.05, 0.1) is 6.42 Å². The van der Waals surface area contributed by atoms with Gasteiger partial charge in [0, 0.05) is 10.6 Å². The molecule has 3 rings (SSSR count). The van der Waals surface area contributed by atoms with Crippen LogP contribution in [0.2, 0.25) is 0 Å². The smallest absolute Gasteiger partial charge is 0.228 e. The predicted octanol–water partition coefficient (Wildman–Crippen LogP) is 2.94. The third-order valence-electron chi connectivity index (χ3n) is 3.74. The number of hydrogen-bond acceptors (Lipinski definition) is 3. The molecule has 19 heavy (non-hydrogen) atoms. The monoisotopic (exact) mass is 273 g/mol. The fourth-order valence-corrected chi connectivity index (χ4v) is 3.29. The molecule has 0 saturated carbocycles. The highest BCUT2D eigenvalue weighted by Crippen LogP contribution is 2.36. The van der Waals surface area contributed by atoms with Crippen LogP contribution in [0.15, 0.2) is 23.6 Å². The number of anilines is 1. The Balaban J connectivity index is 2.11. The zero-order valence-electron chi connectivity index (χ0n) is 10.9. The highest BCUT2D eigenvalue weighted by atomic mass is 32.1. The molecule has 1 unspecified atom stereocenters. The van der Waals surface area contributed by atoms with Crippen LogP contribution in [-0.2, 0) is 11.2 Å². The first kappa shape index (κ1) is 12.4. The third-order valence-corrected chi connectivity index (χ3v) is 4.67. The van der Waals surface area contributed by atoms with Gasteiger partial charge in [-0.3, -0.25) is 4.79 Å². The van der Waals surface area contributed by atoms with E-state index in [1.807, 2.05) is 37.4 Å².